The lowest BCUT2D eigenvalue weighted by atomic mass is 10.2. The van der Waals surface area contributed by atoms with E-state index in [9.17, 15) is 4.79 Å². The highest BCUT2D eigenvalue weighted by molar-refractivity contribution is 9.11. The third-order valence-corrected chi connectivity index (χ3v) is 3.66. The summed E-state index contributed by atoms with van der Waals surface area (Å²) in [7, 11) is 0. The largest absolute Gasteiger partial charge is 0.460 e. The number of carbonyl (C=O) groups is 1. The van der Waals surface area contributed by atoms with E-state index in [2.05, 4.69) is 31.9 Å². The molecule has 0 saturated carbocycles. The molecule has 0 amide bonds. The molecule has 20 heavy (non-hydrogen) atoms. The summed E-state index contributed by atoms with van der Waals surface area (Å²) in [4.78, 5) is 11.8. The molecule has 0 saturated heterocycles. The van der Waals surface area contributed by atoms with E-state index in [-0.39, 0.29) is 6.61 Å². The molecule has 1 aromatic carbocycles. The number of hydrogen-bond donors (Lipinski definition) is 1. The average molecular weight is 411 g/mol. The zero-order valence-corrected chi connectivity index (χ0v) is 14.3. The van der Waals surface area contributed by atoms with Crippen LogP contribution in [0.4, 0.5) is 5.69 Å². The smallest absolute Gasteiger partial charge is 0.338 e. The molecule has 0 aliphatic carbocycles. The number of hydrogen-bond acceptors (Lipinski definition) is 5. The Morgan fingerprint density at radius 1 is 1.10 bits per heavy atom. The van der Waals surface area contributed by atoms with E-state index >= 15 is 0 Å². The van der Waals surface area contributed by atoms with Gasteiger partial charge in [0.15, 0.2) is 0 Å². The predicted molar refractivity (Wildman–Crippen MR) is 83.8 cm³/mol. The van der Waals surface area contributed by atoms with Gasteiger partial charge < -0.3 is 19.9 Å². The van der Waals surface area contributed by atoms with Crippen molar-refractivity contribution < 1.29 is 19.0 Å². The topological polar surface area (TPSA) is 70.8 Å². The fraction of sp³-hybridized carbons (Fsp3) is 0.462. The summed E-state index contributed by atoms with van der Waals surface area (Å²) in [6.07, 6.45) is 0. The van der Waals surface area contributed by atoms with Gasteiger partial charge >= 0.3 is 5.97 Å². The van der Waals surface area contributed by atoms with Gasteiger partial charge in [-0.1, -0.05) is 0 Å². The normalized spacial score (nSPS) is 10.6. The van der Waals surface area contributed by atoms with Crippen molar-refractivity contribution in [3.8, 4) is 0 Å². The highest BCUT2D eigenvalue weighted by atomic mass is 79.9. The van der Waals surface area contributed by atoms with Crippen LogP contribution in [0.3, 0.4) is 0 Å². The molecule has 7 heteroatoms. The SMILES string of the molecule is CCOCCOCCOC(=O)c1cc(Br)c(N)c(Br)c1. The molecule has 0 aliphatic rings. The minimum Gasteiger partial charge on any atom is -0.460 e. The molecule has 1 aromatic rings. The van der Waals surface area contributed by atoms with Crippen LogP contribution in [0, 0.1) is 0 Å². The number of benzene rings is 1. The van der Waals surface area contributed by atoms with Crippen molar-refractivity contribution in [2.75, 3.05) is 38.8 Å². The lowest BCUT2D eigenvalue weighted by molar-refractivity contribution is 0.0164. The molecule has 0 unspecified atom stereocenters. The second-order valence-electron chi connectivity index (χ2n) is 3.80. The van der Waals surface area contributed by atoms with Crippen LogP contribution in [-0.4, -0.2) is 39.0 Å². The maximum Gasteiger partial charge on any atom is 0.338 e. The summed E-state index contributed by atoms with van der Waals surface area (Å²) in [5.41, 5.74) is 6.72. The van der Waals surface area contributed by atoms with Gasteiger partial charge in [-0.25, -0.2) is 4.79 Å². The van der Waals surface area contributed by atoms with Crippen LogP contribution in [0.2, 0.25) is 0 Å². The van der Waals surface area contributed by atoms with E-state index in [4.69, 9.17) is 19.9 Å². The van der Waals surface area contributed by atoms with Gasteiger partial charge in [0.05, 0.1) is 31.1 Å². The quantitative estimate of drug-likeness (QED) is 0.405. The Balaban J connectivity index is 2.33. The molecule has 0 aliphatic heterocycles. The highest BCUT2D eigenvalue weighted by Crippen LogP contribution is 2.29. The van der Waals surface area contributed by atoms with E-state index < -0.39 is 5.97 Å². The van der Waals surface area contributed by atoms with Gasteiger partial charge in [-0.3, -0.25) is 0 Å². The maximum absolute atomic E-state index is 11.8. The number of ether oxygens (including phenoxy) is 3. The minimum atomic E-state index is -0.417. The number of nitrogens with two attached hydrogens (primary N) is 1. The van der Waals surface area contributed by atoms with Crippen molar-refractivity contribution in [1.29, 1.82) is 0 Å². The fourth-order valence-corrected chi connectivity index (χ4v) is 2.53. The molecule has 2 N–H and O–H groups in total. The summed E-state index contributed by atoms with van der Waals surface area (Å²) >= 11 is 6.56. The Kier molecular flexibility index (Phi) is 8.13. The molecule has 5 nitrogen and oxygen atoms in total. The van der Waals surface area contributed by atoms with Crippen molar-refractivity contribution in [1.82, 2.24) is 0 Å². The molecule has 112 valence electrons. The van der Waals surface area contributed by atoms with E-state index in [0.717, 1.165) is 0 Å². The first-order chi connectivity index (χ1) is 9.56. The van der Waals surface area contributed by atoms with Crippen LogP contribution in [0.5, 0.6) is 0 Å². The molecule has 0 atom stereocenters. The number of nitrogen functional groups attached to an aromatic ring is 1. The summed E-state index contributed by atoms with van der Waals surface area (Å²) in [6.45, 7) is 4.16. The molecule has 0 bridgehead atoms. The van der Waals surface area contributed by atoms with Crippen molar-refractivity contribution in [3.05, 3.63) is 26.6 Å². The summed E-state index contributed by atoms with van der Waals surface area (Å²) in [5, 5.41) is 0. The van der Waals surface area contributed by atoms with Crippen LogP contribution in [0.25, 0.3) is 0 Å². The monoisotopic (exact) mass is 409 g/mol. The van der Waals surface area contributed by atoms with Gasteiger partial charge in [0.1, 0.15) is 6.61 Å². The van der Waals surface area contributed by atoms with Crippen LogP contribution < -0.4 is 5.73 Å². The molecule has 1 rings (SSSR count). The Hall–Kier alpha value is -0.630. The minimum absolute atomic E-state index is 0.199. The molecule has 0 fully saturated rings. The Labute approximate surface area is 135 Å². The standard InChI is InChI=1S/C13H17Br2NO4/c1-2-18-3-4-19-5-6-20-13(17)9-7-10(14)12(16)11(15)8-9/h7-8H,2-6,16H2,1H3. The molecule has 0 radical (unpaired) electrons. The van der Waals surface area contributed by atoms with Crippen molar-refractivity contribution in [3.63, 3.8) is 0 Å². The van der Waals surface area contributed by atoms with E-state index in [0.29, 0.717) is 46.6 Å². The third kappa shape index (κ3) is 5.78. The molecular weight excluding hydrogens is 394 g/mol. The van der Waals surface area contributed by atoms with Crippen LogP contribution in [0.1, 0.15) is 17.3 Å². The van der Waals surface area contributed by atoms with Gasteiger partial charge in [-0.2, -0.15) is 0 Å². The van der Waals surface area contributed by atoms with Gasteiger partial charge in [-0.15, -0.1) is 0 Å². The lowest BCUT2D eigenvalue weighted by Crippen LogP contribution is -2.13. The lowest BCUT2D eigenvalue weighted by Gasteiger charge is -2.08. The fourth-order valence-electron chi connectivity index (χ4n) is 1.34. The number of carbonyl (C=O) groups excluding carboxylic acids is 1. The third-order valence-electron chi connectivity index (χ3n) is 2.35. The van der Waals surface area contributed by atoms with Crippen LogP contribution >= 0.6 is 31.9 Å². The van der Waals surface area contributed by atoms with Gasteiger partial charge in [-0.05, 0) is 50.9 Å². The number of rotatable bonds is 8. The number of halogens is 2. The van der Waals surface area contributed by atoms with E-state index in [1.54, 1.807) is 12.1 Å². The Morgan fingerprint density at radius 2 is 1.65 bits per heavy atom. The summed E-state index contributed by atoms with van der Waals surface area (Å²) in [5.74, 6) is -0.417. The zero-order chi connectivity index (χ0) is 15.0. The van der Waals surface area contributed by atoms with E-state index in [1.165, 1.54) is 0 Å². The summed E-state index contributed by atoms with van der Waals surface area (Å²) < 4.78 is 16.7. The first kappa shape index (κ1) is 17.4. The average Bonchev–Trinajstić information content (AvgIpc) is 2.43. The van der Waals surface area contributed by atoms with Crippen molar-refractivity contribution in [2.24, 2.45) is 0 Å². The zero-order valence-electron chi connectivity index (χ0n) is 11.2. The molecule has 0 aromatic heterocycles. The van der Waals surface area contributed by atoms with Gasteiger partial charge in [0.2, 0.25) is 0 Å². The van der Waals surface area contributed by atoms with Crippen LogP contribution in [0.15, 0.2) is 21.1 Å². The predicted octanol–water partition coefficient (Wildman–Crippen LogP) is 3.00. The van der Waals surface area contributed by atoms with E-state index in [1.807, 2.05) is 6.92 Å². The van der Waals surface area contributed by atoms with Gasteiger partial charge in [0, 0.05) is 15.6 Å². The van der Waals surface area contributed by atoms with Gasteiger partial charge in [0.25, 0.3) is 0 Å². The molecular formula is C13H17Br2NO4. The highest BCUT2D eigenvalue weighted by Gasteiger charge is 2.11. The van der Waals surface area contributed by atoms with Crippen molar-refractivity contribution in [2.45, 2.75) is 6.92 Å². The van der Waals surface area contributed by atoms with Crippen LogP contribution in [-0.2, 0) is 14.2 Å². The Bertz CT molecular complexity index is 431. The maximum atomic E-state index is 11.8. The first-order valence-corrected chi connectivity index (χ1v) is 7.72. The number of esters is 1. The first-order valence-electron chi connectivity index (χ1n) is 6.13. The Morgan fingerprint density at radius 3 is 2.25 bits per heavy atom. The molecule has 0 heterocycles. The molecule has 0 spiro atoms. The summed E-state index contributed by atoms with van der Waals surface area (Å²) in [6, 6.07) is 3.25. The number of anilines is 1. The van der Waals surface area contributed by atoms with Crippen molar-refractivity contribution >= 4 is 43.5 Å². The second kappa shape index (κ2) is 9.33. The second-order valence-corrected chi connectivity index (χ2v) is 5.51.